The first kappa shape index (κ1) is 12.2. The van der Waals surface area contributed by atoms with Crippen LogP contribution in [0.25, 0.3) is 0 Å². The van der Waals surface area contributed by atoms with E-state index in [0.29, 0.717) is 13.2 Å². The molecule has 0 saturated carbocycles. The molecule has 1 heterocycles. The van der Waals surface area contributed by atoms with Crippen molar-refractivity contribution in [3.05, 3.63) is 23.7 Å². The summed E-state index contributed by atoms with van der Waals surface area (Å²) in [4.78, 5) is 0. The van der Waals surface area contributed by atoms with Gasteiger partial charge in [0.2, 0.25) is 0 Å². The summed E-state index contributed by atoms with van der Waals surface area (Å²) in [7, 11) is 3.60. The third kappa shape index (κ3) is 4.46. The third-order valence-electron chi connectivity index (χ3n) is 2.08. The van der Waals surface area contributed by atoms with Crippen LogP contribution in [0.2, 0.25) is 0 Å². The molecule has 1 N–H and O–H groups in total. The van der Waals surface area contributed by atoms with E-state index in [1.807, 2.05) is 13.1 Å². The van der Waals surface area contributed by atoms with Crippen LogP contribution in [0.3, 0.4) is 0 Å². The van der Waals surface area contributed by atoms with Crippen molar-refractivity contribution in [1.29, 1.82) is 0 Å². The second-order valence-corrected chi connectivity index (χ2v) is 3.30. The van der Waals surface area contributed by atoms with Gasteiger partial charge in [-0.1, -0.05) is 0 Å². The number of furan rings is 1. The Kier molecular flexibility index (Phi) is 6.08. The fourth-order valence-corrected chi connectivity index (χ4v) is 1.31. The van der Waals surface area contributed by atoms with Gasteiger partial charge in [0.25, 0.3) is 0 Å². The van der Waals surface area contributed by atoms with Crippen molar-refractivity contribution in [3.8, 4) is 0 Å². The standard InChI is InChI=1S/C11H19NO3/c1-12-8-10-4-7-15-11(10)9-14-6-3-5-13-2/h4,7,12H,3,5-6,8-9H2,1-2H3. The van der Waals surface area contributed by atoms with Crippen LogP contribution in [-0.4, -0.2) is 27.4 Å². The minimum Gasteiger partial charge on any atom is -0.467 e. The van der Waals surface area contributed by atoms with Gasteiger partial charge in [-0.05, 0) is 19.5 Å². The Hall–Kier alpha value is -0.840. The Balaban J connectivity index is 2.21. The predicted molar refractivity (Wildman–Crippen MR) is 57.6 cm³/mol. The zero-order valence-electron chi connectivity index (χ0n) is 9.41. The third-order valence-corrected chi connectivity index (χ3v) is 2.08. The smallest absolute Gasteiger partial charge is 0.133 e. The maximum atomic E-state index is 5.47. The van der Waals surface area contributed by atoms with E-state index >= 15 is 0 Å². The molecule has 0 fully saturated rings. The molecule has 0 saturated heterocycles. The monoisotopic (exact) mass is 213 g/mol. The van der Waals surface area contributed by atoms with Crippen molar-refractivity contribution in [1.82, 2.24) is 5.32 Å². The van der Waals surface area contributed by atoms with Crippen LogP contribution in [0.1, 0.15) is 17.7 Å². The van der Waals surface area contributed by atoms with E-state index in [1.165, 1.54) is 0 Å². The molecule has 0 aliphatic heterocycles. The quantitative estimate of drug-likeness (QED) is 0.665. The van der Waals surface area contributed by atoms with E-state index in [-0.39, 0.29) is 0 Å². The largest absolute Gasteiger partial charge is 0.467 e. The minimum atomic E-state index is 0.535. The summed E-state index contributed by atoms with van der Waals surface area (Å²) in [6.45, 7) is 2.79. The first-order valence-electron chi connectivity index (χ1n) is 5.15. The van der Waals surface area contributed by atoms with E-state index in [4.69, 9.17) is 13.9 Å². The van der Waals surface area contributed by atoms with Crippen LogP contribution in [0.4, 0.5) is 0 Å². The molecular formula is C11H19NO3. The Morgan fingerprint density at radius 1 is 1.40 bits per heavy atom. The van der Waals surface area contributed by atoms with Crippen LogP contribution in [0, 0.1) is 0 Å². The molecule has 0 unspecified atom stereocenters. The highest BCUT2D eigenvalue weighted by atomic mass is 16.5. The predicted octanol–water partition coefficient (Wildman–Crippen LogP) is 1.55. The molecule has 4 heteroatoms. The average molecular weight is 213 g/mol. The second kappa shape index (κ2) is 7.45. The summed E-state index contributed by atoms with van der Waals surface area (Å²) < 4.78 is 15.7. The molecule has 86 valence electrons. The van der Waals surface area contributed by atoms with Crippen LogP contribution in [0.5, 0.6) is 0 Å². The zero-order valence-corrected chi connectivity index (χ0v) is 9.41. The van der Waals surface area contributed by atoms with Gasteiger partial charge in [-0.25, -0.2) is 0 Å². The lowest BCUT2D eigenvalue weighted by Crippen LogP contribution is -2.07. The lowest BCUT2D eigenvalue weighted by atomic mass is 10.2. The number of rotatable bonds is 8. The van der Waals surface area contributed by atoms with Gasteiger partial charge in [-0.2, -0.15) is 0 Å². The van der Waals surface area contributed by atoms with Gasteiger partial charge < -0.3 is 19.2 Å². The molecule has 1 aromatic heterocycles. The molecule has 1 rings (SSSR count). The van der Waals surface area contributed by atoms with Gasteiger partial charge in [0.05, 0.1) is 6.26 Å². The van der Waals surface area contributed by atoms with Crippen molar-refractivity contribution in [2.45, 2.75) is 19.6 Å². The number of ether oxygens (including phenoxy) is 2. The molecule has 15 heavy (non-hydrogen) atoms. The summed E-state index contributed by atoms with van der Waals surface area (Å²) in [5.74, 6) is 0.904. The van der Waals surface area contributed by atoms with E-state index in [9.17, 15) is 0 Å². The normalized spacial score (nSPS) is 10.8. The van der Waals surface area contributed by atoms with Gasteiger partial charge >= 0.3 is 0 Å². The molecule has 0 aromatic carbocycles. The molecule has 0 aliphatic carbocycles. The van der Waals surface area contributed by atoms with E-state index in [0.717, 1.165) is 30.9 Å². The van der Waals surface area contributed by atoms with Crippen molar-refractivity contribution >= 4 is 0 Å². The highest BCUT2D eigenvalue weighted by Crippen LogP contribution is 2.11. The van der Waals surface area contributed by atoms with Crippen LogP contribution < -0.4 is 5.32 Å². The van der Waals surface area contributed by atoms with Crippen molar-refractivity contribution < 1.29 is 13.9 Å². The minimum absolute atomic E-state index is 0.535. The Morgan fingerprint density at radius 3 is 3.00 bits per heavy atom. The van der Waals surface area contributed by atoms with Crippen molar-refractivity contribution in [2.75, 3.05) is 27.4 Å². The van der Waals surface area contributed by atoms with E-state index < -0.39 is 0 Å². The summed E-state index contributed by atoms with van der Waals surface area (Å²) in [6, 6.07) is 1.96. The first-order valence-corrected chi connectivity index (χ1v) is 5.15. The molecule has 0 radical (unpaired) electrons. The SMILES string of the molecule is CNCc1ccoc1COCCCOC. The lowest BCUT2D eigenvalue weighted by Gasteiger charge is -2.04. The van der Waals surface area contributed by atoms with E-state index in [1.54, 1.807) is 13.4 Å². The van der Waals surface area contributed by atoms with Crippen molar-refractivity contribution in [2.24, 2.45) is 0 Å². The molecule has 0 amide bonds. The maximum absolute atomic E-state index is 5.47. The fourth-order valence-electron chi connectivity index (χ4n) is 1.31. The lowest BCUT2D eigenvalue weighted by molar-refractivity contribution is 0.0821. The van der Waals surface area contributed by atoms with Crippen LogP contribution in [-0.2, 0) is 22.6 Å². The van der Waals surface area contributed by atoms with Gasteiger partial charge in [0, 0.05) is 32.4 Å². The topological polar surface area (TPSA) is 43.6 Å². The molecule has 0 aliphatic rings. The second-order valence-electron chi connectivity index (χ2n) is 3.30. The number of methoxy groups -OCH3 is 1. The number of nitrogens with one attached hydrogen (secondary N) is 1. The first-order chi connectivity index (χ1) is 7.38. The Labute approximate surface area is 90.6 Å². The molecule has 1 aromatic rings. The molecule has 0 atom stereocenters. The van der Waals surface area contributed by atoms with Gasteiger partial charge in [0.1, 0.15) is 12.4 Å². The Morgan fingerprint density at radius 2 is 2.27 bits per heavy atom. The zero-order chi connectivity index (χ0) is 10.9. The van der Waals surface area contributed by atoms with Gasteiger partial charge in [-0.3, -0.25) is 0 Å². The van der Waals surface area contributed by atoms with Crippen molar-refractivity contribution in [3.63, 3.8) is 0 Å². The molecule has 4 nitrogen and oxygen atoms in total. The van der Waals surface area contributed by atoms with Gasteiger partial charge in [-0.15, -0.1) is 0 Å². The van der Waals surface area contributed by atoms with Crippen LogP contribution >= 0.6 is 0 Å². The summed E-state index contributed by atoms with van der Waals surface area (Å²) >= 11 is 0. The maximum Gasteiger partial charge on any atom is 0.133 e. The fraction of sp³-hybridized carbons (Fsp3) is 0.636. The highest BCUT2D eigenvalue weighted by Gasteiger charge is 2.04. The van der Waals surface area contributed by atoms with Crippen LogP contribution in [0.15, 0.2) is 16.7 Å². The summed E-state index contributed by atoms with van der Waals surface area (Å²) in [6.07, 6.45) is 2.61. The van der Waals surface area contributed by atoms with E-state index in [2.05, 4.69) is 5.32 Å². The summed E-state index contributed by atoms with van der Waals surface area (Å²) in [5.41, 5.74) is 1.16. The average Bonchev–Trinajstić information content (AvgIpc) is 2.66. The highest BCUT2D eigenvalue weighted by molar-refractivity contribution is 5.15. The molecule has 0 spiro atoms. The summed E-state index contributed by atoms with van der Waals surface area (Å²) in [5, 5.41) is 3.09. The number of hydrogen-bond donors (Lipinski definition) is 1. The van der Waals surface area contributed by atoms with Gasteiger partial charge in [0.15, 0.2) is 0 Å². The Bertz CT molecular complexity index is 260. The molecule has 0 bridgehead atoms. The molecular weight excluding hydrogens is 194 g/mol. The number of hydrogen-bond acceptors (Lipinski definition) is 4.